The smallest absolute Gasteiger partial charge is 0.123 e. The van der Waals surface area contributed by atoms with Gasteiger partial charge in [0.1, 0.15) is 5.82 Å². The summed E-state index contributed by atoms with van der Waals surface area (Å²) in [4.78, 5) is 0. The highest BCUT2D eigenvalue weighted by molar-refractivity contribution is 5.31. The van der Waals surface area contributed by atoms with Gasteiger partial charge < -0.3 is 0 Å². The highest BCUT2D eigenvalue weighted by Crippen LogP contribution is 2.15. The van der Waals surface area contributed by atoms with E-state index >= 15 is 0 Å². The van der Waals surface area contributed by atoms with Crippen molar-refractivity contribution < 1.29 is 4.39 Å². The second-order valence-corrected chi connectivity index (χ2v) is 5.33. The van der Waals surface area contributed by atoms with E-state index in [0.29, 0.717) is 0 Å². The summed E-state index contributed by atoms with van der Waals surface area (Å²) in [6, 6.07) is 13.2. The van der Waals surface area contributed by atoms with Gasteiger partial charge in [0, 0.05) is 6.04 Å². The average Bonchev–Trinajstić information content (AvgIpc) is 2.44. The minimum Gasteiger partial charge on any atom is -0.271 e. The fourth-order valence-corrected chi connectivity index (χ4v) is 2.38. The summed E-state index contributed by atoms with van der Waals surface area (Å²) in [5, 5.41) is 0. The molecule has 0 aromatic heterocycles. The number of halogens is 1. The summed E-state index contributed by atoms with van der Waals surface area (Å²) in [6.45, 7) is 4.20. The number of aryl methyl sites for hydroxylation is 2. The molecule has 0 aliphatic carbocycles. The summed E-state index contributed by atoms with van der Waals surface area (Å²) >= 11 is 0. The van der Waals surface area contributed by atoms with Crippen LogP contribution in [0.3, 0.4) is 0 Å². The summed E-state index contributed by atoms with van der Waals surface area (Å²) in [6.07, 6.45) is 1.64. The molecule has 2 aromatic rings. The molecule has 0 spiro atoms. The van der Waals surface area contributed by atoms with Gasteiger partial charge in [-0.1, -0.05) is 35.9 Å². The number of nitrogens with two attached hydrogens (primary N) is 1. The monoisotopic (exact) mass is 272 g/mol. The van der Waals surface area contributed by atoms with Crippen molar-refractivity contribution in [3.8, 4) is 0 Å². The van der Waals surface area contributed by atoms with Gasteiger partial charge in [0.25, 0.3) is 0 Å². The normalized spacial score (nSPS) is 12.4. The Bertz CT molecular complexity index is 564. The van der Waals surface area contributed by atoms with Crippen LogP contribution in [-0.4, -0.2) is 6.04 Å². The molecule has 106 valence electrons. The van der Waals surface area contributed by atoms with Crippen molar-refractivity contribution in [3.05, 3.63) is 70.5 Å². The van der Waals surface area contributed by atoms with Crippen LogP contribution < -0.4 is 11.3 Å². The predicted molar refractivity (Wildman–Crippen MR) is 80.8 cm³/mol. The molecule has 2 aromatic carbocycles. The van der Waals surface area contributed by atoms with Gasteiger partial charge in [-0.2, -0.15) is 0 Å². The number of rotatable bonds is 5. The molecular weight excluding hydrogens is 251 g/mol. The molecule has 0 aliphatic heterocycles. The van der Waals surface area contributed by atoms with Gasteiger partial charge in [0.15, 0.2) is 0 Å². The molecule has 0 bridgehead atoms. The Labute approximate surface area is 119 Å². The van der Waals surface area contributed by atoms with Gasteiger partial charge >= 0.3 is 0 Å². The van der Waals surface area contributed by atoms with Crippen molar-refractivity contribution in [2.75, 3.05) is 0 Å². The molecule has 20 heavy (non-hydrogen) atoms. The molecule has 3 N–H and O–H groups in total. The largest absolute Gasteiger partial charge is 0.271 e. The second-order valence-electron chi connectivity index (χ2n) is 5.33. The Kier molecular flexibility index (Phi) is 4.88. The molecule has 2 rings (SSSR count). The highest BCUT2D eigenvalue weighted by Gasteiger charge is 2.11. The number of hydrogen-bond acceptors (Lipinski definition) is 2. The molecule has 0 aliphatic rings. The first kappa shape index (κ1) is 14.7. The summed E-state index contributed by atoms with van der Waals surface area (Å²) in [5.41, 5.74) is 7.78. The maximum Gasteiger partial charge on any atom is 0.123 e. The van der Waals surface area contributed by atoms with E-state index in [0.717, 1.165) is 18.4 Å². The van der Waals surface area contributed by atoms with Crippen molar-refractivity contribution in [2.24, 2.45) is 5.84 Å². The molecule has 1 unspecified atom stereocenters. The zero-order valence-corrected chi connectivity index (χ0v) is 12.0. The first-order valence-corrected chi connectivity index (χ1v) is 6.85. The zero-order valence-electron chi connectivity index (χ0n) is 12.0. The fourth-order valence-electron chi connectivity index (χ4n) is 2.38. The Balaban J connectivity index is 2.08. The number of benzene rings is 2. The lowest BCUT2D eigenvalue weighted by Crippen LogP contribution is -2.38. The average molecular weight is 272 g/mol. The minimum absolute atomic E-state index is 0.140. The van der Waals surface area contributed by atoms with E-state index < -0.39 is 0 Å². The first-order chi connectivity index (χ1) is 9.58. The van der Waals surface area contributed by atoms with Crippen LogP contribution in [0.1, 0.15) is 22.3 Å². The van der Waals surface area contributed by atoms with E-state index in [2.05, 4.69) is 37.5 Å². The topological polar surface area (TPSA) is 38.0 Å². The standard InChI is InChI=1S/C17H21FN2/c1-12-3-4-13(2)15(9-12)11-17(20-19)10-14-5-7-16(18)8-6-14/h3-9,17,20H,10-11,19H2,1-2H3. The van der Waals surface area contributed by atoms with E-state index in [1.165, 1.54) is 28.8 Å². The Hall–Kier alpha value is -1.71. The quantitative estimate of drug-likeness (QED) is 0.648. The second kappa shape index (κ2) is 6.64. The molecule has 1 atom stereocenters. The van der Waals surface area contributed by atoms with Gasteiger partial charge in [0.05, 0.1) is 0 Å². The zero-order chi connectivity index (χ0) is 14.5. The summed E-state index contributed by atoms with van der Waals surface area (Å²) in [5.74, 6) is 5.45. The third kappa shape index (κ3) is 3.89. The van der Waals surface area contributed by atoms with E-state index in [1.54, 1.807) is 0 Å². The van der Waals surface area contributed by atoms with E-state index in [1.807, 2.05) is 12.1 Å². The molecular formula is C17H21FN2. The van der Waals surface area contributed by atoms with Gasteiger partial charge in [-0.05, 0) is 55.5 Å². The van der Waals surface area contributed by atoms with Crippen LogP contribution in [0.15, 0.2) is 42.5 Å². The van der Waals surface area contributed by atoms with E-state index in [4.69, 9.17) is 5.84 Å². The molecule has 0 fully saturated rings. The van der Waals surface area contributed by atoms with Crippen molar-refractivity contribution in [2.45, 2.75) is 32.7 Å². The Morgan fingerprint density at radius 1 is 1.05 bits per heavy atom. The fraction of sp³-hybridized carbons (Fsp3) is 0.294. The van der Waals surface area contributed by atoms with Crippen LogP contribution in [0.25, 0.3) is 0 Å². The molecule has 0 heterocycles. The SMILES string of the molecule is Cc1ccc(C)c(CC(Cc2ccc(F)cc2)NN)c1. The molecule has 2 nitrogen and oxygen atoms in total. The van der Waals surface area contributed by atoms with Gasteiger partial charge in [0.2, 0.25) is 0 Å². The van der Waals surface area contributed by atoms with Crippen LogP contribution in [-0.2, 0) is 12.8 Å². The third-order valence-electron chi connectivity index (χ3n) is 3.60. The molecule has 0 saturated carbocycles. The highest BCUT2D eigenvalue weighted by atomic mass is 19.1. The van der Waals surface area contributed by atoms with Crippen molar-refractivity contribution in [1.29, 1.82) is 0 Å². The van der Waals surface area contributed by atoms with Crippen LogP contribution in [0.5, 0.6) is 0 Å². The minimum atomic E-state index is -0.208. The maximum absolute atomic E-state index is 12.9. The van der Waals surface area contributed by atoms with Crippen LogP contribution in [0.2, 0.25) is 0 Å². The molecule has 0 radical (unpaired) electrons. The lowest BCUT2D eigenvalue weighted by atomic mass is 9.95. The van der Waals surface area contributed by atoms with Crippen molar-refractivity contribution in [1.82, 2.24) is 5.43 Å². The predicted octanol–water partition coefficient (Wildman–Crippen LogP) is 3.06. The Morgan fingerprint density at radius 3 is 2.40 bits per heavy atom. The van der Waals surface area contributed by atoms with E-state index in [-0.39, 0.29) is 11.9 Å². The van der Waals surface area contributed by atoms with Crippen LogP contribution in [0.4, 0.5) is 4.39 Å². The first-order valence-electron chi connectivity index (χ1n) is 6.85. The Morgan fingerprint density at radius 2 is 1.75 bits per heavy atom. The van der Waals surface area contributed by atoms with Crippen LogP contribution >= 0.6 is 0 Å². The summed E-state index contributed by atoms with van der Waals surface area (Å²) < 4.78 is 12.9. The van der Waals surface area contributed by atoms with Crippen molar-refractivity contribution in [3.63, 3.8) is 0 Å². The maximum atomic E-state index is 12.9. The summed E-state index contributed by atoms with van der Waals surface area (Å²) in [7, 11) is 0. The number of hydrogen-bond donors (Lipinski definition) is 2. The van der Waals surface area contributed by atoms with Gasteiger partial charge in [-0.15, -0.1) is 0 Å². The molecule has 3 heteroatoms. The third-order valence-corrected chi connectivity index (χ3v) is 3.60. The molecule has 0 saturated heterocycles. The lowest BCUT2D eigenvalue weighted by molar-refractivity contribution is 0.521. The lowest BCUT2D eigenvalue weighted by Gasteiger charge is -2.18. The van der Waals surface area contributed by atoms with Crippen LogP contribution in [0, 0.1) is 19.7 Å². The van der Waals surface area contributed by atoms with Gasteiger partial charge in [-0.25, -0.2) is 4.39 Å². The number of hydrazine groups is 1. The van der Waals surface area contributed by atoms with Crippen molar-refractivity contribution >= 4 is 0 Å². The number of nitrogens with one attached hydrogen (secondary N) is 1. The van der Waals surface area contributed by atoms with E-state index in [9.17, 15) is 4.39 Å². The molecule has 0 amide bonds. The van der Waals surface area contributed by atoms with Gasteiger partial charge in [-0.3, -0.25) is 11.3 Å².